The van der Waals surface area contributed by atoms with Gasteiger partial charge in [0.1, 0.15) is 0 Å². The van der Waals surface area contributed by atoms with Crippen molar-refractivity contribution in [2.45, 2.75) is 100 Å². The zero-order valence-electron chi connectivity index (χ0n) is 13.6. The molecule has 1 rings (SSSR count). The first kappa shape index (κ1) is 18.7. The van der Waals surface area contributed by atoms with Gasteiger partial charge >= 0.3 is 0 Å². The van der Waals surface area contributed by atoms with Crippen LogP contribution in [0.1, 0.15) is 78.6 Å². The molecular weight excluding hydrogens is 284 g/mol. The van der Waals surface area contributed by atoms with Gasteiger partial charge in [-0.3, -0.25) is 0 Å². The Labute approximate surface area is 135 Å². The van der Waals surface area contributed by atoms with E-state index in [2.05, 4.69) is 20.8 Å². The third kappa shape index (κ3) is 7.61. The molecule has 3 heteroatoms. The molecule has 120 valence electrons. The van der Waals surface area contributed by atoms with E-state index in [0.29, 0.717) is 10.5 Å². The Morgan fingerprint density at radius 1 is 0.950 bits per heavy atom. The van der Waals surface area contributed by atoms with Crippen LogP contribution in [0.5, 0.6) is 0 Å². The van der Waals surface area contributed by atoms with E-state index in [1.807, 2.05) is 23.5 Å². The van der Waals surface area contributed by atoms with Gasteiger partial charge in [-0.25, -0.2) is 0 Å². The summed E-state index contributed by atoms with van der Waals surface area (Å²) in [5.41, 5.74) is 0. The second kappa shape index (κ2) is 11.3. The summed E-state index contributed by atoms with van der Waals surface area (Å²) in [5, 5.41) is 12.2. The fourth-order valence-electron chi connectivity index (χ4n) is 2.68. The molecule has 4 unspecified atom stereocenters. The Morgan fingerprint density at radius 3 is 2.15 bits per heavy atom. The molecule has 0 spiro atoms. The Bertz CT molecular complexity index is 235. The molecule has 1 fully saturated rings. The van der Waals surface area contributed by atoms with Crippen molar-refractivity contribution in [1.82, 2.24) is 0 Å². The number of hydrogen-bond acceptors (Lipinski definition) is 3. The maximum absolute atomic E-state index is 10.3. The van der Waals surface area contributed by atoms with Gasteiger partial charge in [0.25, 0.3) is 0 Å². The summed E-state index contributed by atoms with van der Waals surface area (Å²) in [6, 6.07) is 0. The molecule has 0 saturated carbocycles. The summed E-state index contributed by atoms with van der Waals surface area (Å²) >= 11 is 4.05. The first-order chi connectivity index (χ1) is 9.65. The van der Waals surface area contributed by atoms with Gasteiger partial charge in [0, 0.05) is 21.5 Å². The van der Waals surface area contributed by atoms with E-state index in [9.17, 15) is 5.11 Å². The molecular formula is C17H34OS2. The highest BCUT2D eigenvalue weighted by Crippen LogP contribution is 2.37. The van der Waals surface area contributed by atoms with E-state index in [-0.39, 0.29) is 6.10 Å². The maximum atomic E-state index is 10.3. The van der Waals surface area contributed by atoms with Crippen LogP contribution in [0.4, 0.5) is 0 Å². The van der Waals surface area contributed by atoms with Crippen molar-refractivity contribution in [3.05, 3.63) is 0 Å². The number of unbranched alkanes of at least 4 members (excludes halogenated alkanes) is 7. The van der Waals surface area contributed by atoms with Gasteiger partial charge in [0.2, 0.25) is 0 Å². The highest BCUT2D eigenvalue weighted by molar-refractivity contribution is 8.07. The molecule has 0 radical (unpaired) electrons. The highest BCUT2D eigenvalue weighted by atomic mass is 32.2. The van der Waals surface area contributed by atoms with E-state index < -0.39 is 0 Å². The van der Waals surface area contributed by atoms with Crippen LogP contribution in [0, 0.1) is 0 Å². The minimum absolute atomic E-state index is 0.0810. The Balaban J connectivity index is 1.98. The molecule has 0 aromatic carbocycles. The smallest absolute Gasteiger partial charge is 0.0666 e. The van der Waals surface area contributed by atoms with Crippen LogP contribution >= 0.6 is 23.5 Å². The third-order valence-corrected chi connectivity index (χ3v) is 7.89. The largest absolute Gasteiger partial charge is 0.392 e. The predicted octanol–water partition coefficient (Wildman–Crippen LogP) is 5.50. The molecule has 1 aliphatic heterocycles. The van der Waals surface area contributed by atoms with Crippen molar-refractivity contribution in [2.75, 3.05) is 5.75 Å². The standard InChI is InChI=1S/C17H34OS2/c1-4-5-6-7-8-9-10-11-12-16(18)17-13-19-14(2)15(3)20-17/h14-18H,4-13H2,1-3H3. The normalized spacial score (nSPS) is 28.5. The molecule has 1 nitrogen and oxygen atoms in total. The van der Waals surface area contributed by atoms with E-state index in [4.69, 9.17) is 0 Å². The molecule has 20 heavy (non-hydrogen) atoms. The van der Waals surface area contributed by atoms with Crippen molar-refractivity contribution in [2.24, 2.45) is 0 Å². The van der Waals surface area contributed by atoms with Gasteiger partial charge in [-0.1, -0.05) is 72.1 Å². The van der Waals surface area contributed by atoms with Crippen LogP contribution in [0.25, 0.3) is 0 Å². The molecule has 4 atom stereocenters. The van der Waals surface area contributed by atoms with Gasteiger partial charge in [-0.15, -0.1) is 0 Å². The second-order valence-electron chi connectivity index (χ2n) is 6.25. The number of aliphatic hydroxyl groups is 1. The van der Waals surface area contributed by atoms with Gasteiger partial charge < -0.3 is 5.11 Å². The Morgan fingerprint density at radius 2 is 1.55 bits per heavy atom. The van der Waals surface area contributed by atoms with Crippen molar-refractivity contribution in [3.63, 3.8) is 0 Å². The number of thioether (sulfide) groups is 2. The van der Waals surface area contributed by atoms with Crippen LogP contribution < -0.4 is 0 Å². The zero-order valence-corrected chi connectivity index (χ0v) is 15.3. The van der Waals surface area contributed by atoms with Crippen molar-refractivity contribution < 1.29 is 5.11 Å². The lowest BCUT2D eigenvalue weighted by atomic mass is 10.0. The second-order valence-corrected chi connectivity index (χ2v) is 9.28. The van der Waals surface area contributed by atoms with Crippen LogP contribution in [0.2, 0.25) is 0 Å². The molecule has 0 aromatic heterocycles. The summed E-state index contributed by atoms with van der Waals surface area (Å²) in [6.45, 7) is 6.88. The lowest BCUT2D eigenvalue weighted by Crippen LogP contribution is -2.34. The SMILES string of the molecule is CCCCCCCCCCC(O)C1CSC(C)C(C)S1. The topological polar surface area (TPSA) is 20.2 Å². The summed E-state index contributed by atoms with van der Waals surface area (Å²) in [4.78, 5) is 0. The number of aliphatic hydroxyl groups excluding tert-OH is 1. The molecule has 0 amide bonds. The molecule has 1 saturated heterocycles. The predicted molar refractivity (Wildman–Crippen MR) is 96.0 cm³/mol. The fourth-order valence-corrected chi connectivity index (χ4v) is 5.74. The zero-order chi connectivity index (χ0) is 14.8. The van der Waals surface area contributed by atoms with Gasteiger partial charge in [0.15, 0.2) is 0 Å². The van der Waals surface area contributed by atoms with Crippen LogP contribution in [0.3, 0.4) is 0 Å². The molecule has 1 aliphatic rings. The summed E-state index contributed by atoms with van der Waals surface area (Å²) in [5.74, 6) is 1.13. The van der Waals surface area contributed by atoms with Gasteiger partial charge in [-0.2, -0.15) is 23.5 Å². The van der Waals surface area contributed by atoms with Crippen LogP contribution in [0.15, 0.2) is 0 Å². The minimum Gasteiger partial charge on any atom is -0.392 e. The molecule has 0 aliphatic carbocycles. The van der Waals surface area contributed by atoms with E-state index in [0.717, 1.165) is 17.4 Å². The number of rotatable bonds is 10. The van der Waals surface area contributed by atoms with Gasteiger partial charge in [-0.05, 0) is 6.42 Å². The third-order valence-electron chi connectivity index (χ3n) is 4.36. The van der Waals surface area contributed by atoms with Crippen LogP contribution in [-0.4, -0.2) is 32.7 Å². The Kier molecular flexibility index (Phi) is 10.5. The Hall–Kier alpha value is 0.660. The summed E-state index contributed by atoms with van der Waals surface area (Å²) in [7, 11) is 0. The fraction of sp³-hybridized carbons (Fsp3) is 1.00. The van der Waals surface area contributed by atoms with Crippen molar-refractivity contribution in [1.29, 1.82) is 0 Å². The van der Waals surface area contributed by atoms with Gasteiger partial charge in [0.05, 0.1) is 6.10 Å². The monoisotopic (exact) mass is 318 g/mol. The first-order valence-electron chi connectivity index (χ1n) is 8.60. The quantitative estimate of drug-likeness (QED) is 0.537. The average molecular weight is 319 g/mol. The molecule has 0 bridgehead atoms. The van der Waals surface area contributed by atoms with E-state index >= 15 is 0 Å². The van der Waals surface area contributed by atoms with Crippen molar-refractivity contribution >= 4 is 23.5 Å². The lowest BCUT2D eigenvalue weighted by molar-refractivity contribution is 0.162. The van der Waals surface area contributed by atoms with E-state index in [1.54, 1.807) is 0 Å². The molecule has 1 heterocycles. The maximum Gasteiger partial charge on any atom is 0.0666 e. The number of hydrogen-bond donors (Lipinski definition) is 1. The van der Waals surface area contributed by atoms with E-state index in [1.165, 1.54) is 51.4 Å². The van der Waals surface area contributed by atoms with Crippen molar-refractivity contribution in [3.8, 4) is 0 Å². The first-order valence-corrected chi connectivity index (χ1v) is 10.6. The molecule has 1 N–H and O–H groups in total. The lowest BCUT2D eigenvalue weighted by Gasteiger charge is -2.33. The summed E-state index contributed by atoms with van der Waals surface area (Å²) < 4.78 is 0. The summed E-state index contributed by atoms with van der Waals surface area (Å²) in [6.07, 6.45) is 11.7. The highest BCUT2D eigenvalue weighted by Gasteiger charge is 2.29. The van der Waals surface area contributed by atoms with Crippen LogP contribution in [-0.2, 0) is 0 Å². The average Bonchev–Trinajstić information content (AvgIpc) is 2.44. The minimum atomic E-state index is -0.0810. The molecule has 0 aromatic rings.